The number of hydrogen-bond donors (Lipinski definition) is 2. The van der Waals surface area contributed by atoms with Crippen LogP contribution in [0.1, 0.15) is 43.6 Å². The highest BCUT2D eigenvalue weighted by atomic mass is 16.5. The van der Waals surface area contributed by atoms with Gasteiger partial charge in [0.25, 0.3) is 0 Å². The largest absolute Gasteiger partial charge is 0.506 e. The number of hydrogen-bond acceptors (Lipinski definition) is 6. The summed E-state index contributed by atoms with van der Waals surface area (Å²) in [5, 5.41) is 22.0. The smallest absolute Gasteiger partial charge is 0.336 e. The van der Waals surface area contributed by atoms with Crippen molar-refractivity contribution in [2.45, 2.75) is 45.8 Å². The third-order valence-corrected chi connectivity index (χ3v) is 5.50. The summed E-state index contributed by atoms with van der Waals surface area (Å²) in [5.74, 6) is -0.772. The topological polar surface area (TPSA) is 97.0 Å². The van der Waals surface area contributed by atoms with Crippen LogP contribution in [-0.2, 0) is 6.42 Å². The van der Waals surface area contributed by atoms with Crippen LogP contribution in [0.15, 0.2) is 45.6 Å². The number of ketones is 1. The first kappa shape index (κ1) is 20.2. The number of Topliss-reactive ketones (excluding diaryl/α,β-unsaturated/α-hetero) is 1. The van der Waals surface area contributed by atoms with E-state index in [1.54, 1.807) is 27.7 Å². The Morgan fingerprint density at radius 1 is 1.20 bits per heavy atom. The Kier molecular flexibility index (Phi) is 4.70. The quantitative estimate of drug-likeness (QED) is 0.499. The first-order chi connectivity index (χ1) is 14.1. The number of aliphatic hydroxyl groups is 1. The summed E-state index contributed by atoms with van der Waals surface area (Å²) in [6.07, 6.45) is -0.406. The highest BCUT2D eigenvalue weighted by Crippen LogP contribution is 2.48. The summed E-state index contributed by atoms with van der Waals surface area (Å²) in [6.45, 7) is 6.70. The van der Waals surface area contributed by atoms with Crippen LogP contribution < -0.4 is 10.4 Å². The predicted octanol–water partition coefficient (Wildman–Crippen LogP) is 4.08. The van der Waals surface area contributed by atoms with Gasteiger partial charge in [-0.25, -0.2) is 4.79 Å². The normalized spacial score (nSPS) is 16.0. The average molecular weight is 408 g/mol. The molecule has 0 amide bonds. The second-order valence-corrected chi connectivity index (χ2v) is 8.56. The van der Waals surface area contributed by atoms with Crippen molar-refractivity contribution in [2.75, 3.05) is 0 Å². The fourth-order valence-electron chi connectivity index (χ4n) is 3.87. The molecule has 30 heavy (non-hydrogen) atoms. The van der Waals surface area contributed by atoms with Crippen LogP contribution in [0, 0.1) is 5.92 Å². The maximum atomic E-state index is 13.0. The molecule has 0 spiro atoms. The number of fused-ring (bicyclic) bond motifs is 3. The monoisotopic (exact) mass is 408 g/mol. The molecule has 1 aliphatic heterocycles. The van der Waals surface area contributed by atoms with Crippen LogP contribution in [0.4, 0.5) is 0 Å². The van der Waals surface area contributed by atoms with E-state index < -0.39 is 23.2 Å². The van der Waals surface area contributed by atoms with Crippen LogP contribution in [0.3, 0.4) is 0 Å². The van der Waals surface area contributed by atoms with Gasteiger partial charge < -0.3 is 19.4 Å². The second kappa shape index (κ2) is 6.99. The third-order valence-electron chi connectivity index (χ3n) is 5.50. The molecule has 3 aromatic rings. The van der Waals surface area contributed by atoms with Crippen LogP contribution in [0.2, 0.25) is 0 Å². The first-order valence-electron chi connectivity index (χ1n) is 9.94. The van der Waals surface area contributed by atoms with Crippen molar-refractivity contribution >= 4 is 16.8 Å². The lowest BCUT2D eigenvalue weighted by Gasteiger charge is -2.25. The maximum absolute atomic E-state index is 13.0. The van der Waals surface area contributed by atoms with Gasteiger partial charge in [0.15, 0.2) is 5.78 Å². The molecule has 6 heteroatoms. The molecule has 1 aromatic heterocycles. The Bertz CT molecular complexity index is 1200. The summed E-state index contributed by atoms with van der Waals surface area (Å²) in [6, 6.07) is 10.5. The molecule has 6 nitrogen and oxygen atoms in total. The molecule has 0 fully saturated rings. The minimum Gasteiger partial charge on any atom is -0.506 e. The van der Waals surface area contributed by atoms with Crippen molar-refractivity contribution < 1.29 is 24.2 Å². The van der Waals surface area contributed by atoms with E-state index in [4.69, 9.17) is 9.15 Å². The number of carbonyl (C=O) groups is 1. The molecule has 1 atom stereocenters. The van der Waals surface area contributed by atoms with E-state index in [1.807, 2.05) is 30.3 Å². The number of benzene rings is 2. The van der Waals surface area contributed by atoms with Crippen LogP contribution in [0.25, 0.3) is 22.1 Å². The van der Waals surface area contributed by atoms with Crippen LogP contribution >= 0.6 is 0 Å². The van der Waals surface area contributed by atoms with E-state index >= 15 is 0 Å². The molecule has 2 aromatic carbocycles. The van der Waals surface area contributed by atoms with E-state index in [0.717, 1.165) is 0 Å². The van der Waals surface area contributed by atoms with Gasteiger partial charge in [0.05, 0.1) is 11.0 Å². The van der Waals surface area contributed by atoms with E-state index in [-0.39, 0.29) is 34.8 Å². The maximum Gasteiger partial charge on any atom is 0.336 e. The molecule has 2 heterocycles. The summed E-state index contributed by atoms with van der Waals surface area (Å²) < 4.78 is 11.5. The fraction of sp³-hybridized carbons (Fsp3) is 0.333. The molecule has 156 valence electrons. The number of phenols is 1. The summed E-state index contributed by atoms with van der Waals surface area (Å²) in [7, 11) is 0. The predicted molar refractivity (Wildman–Crippen MR) is 113 cm³/mol. The zero-order valence-corrected chi connectivity index (χ0v) is 17.4. The van der Waals surface area contributed by atoms with Crippen molar-refractivity contribution in [2.24, 2.45) is 5.92 Å². The van der Waals surface area contributed by atoms with Gasteiger partial charge in [0.2, 0.25) is 0 Å². The Hall–Kier alpha value is -3.12. The molecular formula is C24H24O6. The molecule has 1 aliphatic rings. The SMILES string of the molecule is CC(C)C(=O)c1c2c(c3oc(=O)cc(-c4ccccc4)c3c1O)C[C@@H](C(C)(C)O)O2. The second-order valence-electron chi connectivity index (χ2n) is 8.56. The molecule has 0 saturated heterocycles. The number of rotatable bonds is 4. The Labute approximate surface area is 173 Å². The third kappa shape index (κ3) is 3.17. The summed E-state index contributed by atoms with van der Waals surface area (Å²) in [5.41, 5.74) is 0.173. The van der Waals surface area contributed by atoms with E-state index in [1.165, 1.54) is 6.07 Å². The fourth-order valence-corrected chi connectivity index (χ4v) is 3.87. The summed E-state index contributed by atoms with van der Waals surface area (Å²) >= 11 is 0. The Morgan fingerprint density at radius 2 is 1.87 bits per heavy atom. The van der Waals surface area contributed by atoms with Gasteiger partial charge in [0, 0.05) is 29.5 Å². The Morgan fingerprint density at radius 3 is 2.47 bits per heavy atom. The van der Waals surface area contributed by atoms with E-state index in [9.17, 15) is 19.8 Å². The number of ether oxygens (including phenoxy) is 1. The Balaban J connectivity index is 2.13. The van der Waals surface area contributed by atoms with Crippen molar-refractivity contribution in [3.05, 3.63) is 57.9 Å². The molecule has 2 N–H and O–H groups in total. The highest BCUT2D eigenvalue weighted by molar-refractivity contribution is 6.12. The van der Waals surface area contributed by atoms with Crippen molar-refractivity contribution in [3.8, 4) is 22.6 Å². The zero-order chi connectivity index (χ0) is 21.8. The number of carbonyl (C=O) groups excluding carboxylic acids is 1. The van der Waals surface area contributed by atoms with Crippen LogP contribution in [-0.4, -0.2) is 27.7 Å². The lowest BCUT2D eigenvalue weighted by atomic mass is 9.90. The van der Waals surface area contributed by atoms with E-state index in [0.29, 0.717) is 22.1 Å². The molecule has 0 unspecified atom stereocenters. The van der Waals surface area contributed by atoms with Gasteiger partial charge >= 0.3 is 5.63 Å². The molecule has 4 rings (SSSR count). The lowest BCUT2D eigenvalue weighted by molar-refractivity contribution is -0.0232. The summed E-state index contributed by atoms with van der Waals surface area (Å²) in [4.78, 5) is 25.4. The van der Waals surface area contributed by atoms with Gasteiger partial charge in [-0.05, 0) is 19.4 Å². The van der Waals surface area contributed by atoms with Crippen molar-refractivity contribution in [1.29, 1.82) is 0 Å². The standard InChI is InChI=1S/C24H24O6/c1-12(2)20(26)19-21(27)18-14(13-8-6-5-7-9-13)11-17(25)30-22(18)15-10-16(24(3,4)28)29-23(15)19/h5-9,11-12,16,27-28H,10H2,1-4H3/t16-/m0/s1. The first-order valence-corrected chi connectivity index (χ1v) is 9.94. The van der Waals surface area contributed by atoms with Gasteiger partial charge in [-0.2, -0.15) is 0 Å². The van der Waals surface area contributed by atoms with Gasteiger partial charge in [-0.15, -0.1) is 0 Å². The molecular weight excluding hydrogens is 384 g/mol. The van der Waals surface area contributed by atoms with Gasteiger partial charge in [-0.3, -0.25) is 4.79 Å². The average Bonchev–Trinajstić information content (AvgIpc) is 3.13. The van der Waals surface area contributed by atoms with E-state index in [2.05, 4.69) is 0 Å². The van der Waals surface area contributed by atoms with Crippen LogP contribution in [0.5, 0.6) is 11.5 Å². The highest BCUT2D eigenvalue weighted by Gasteiger charge is 2.41. The molecule has 0 aliphatic carbocycles. The lowest BCUT2D eigenvalue weighted by Crippen LogP contribution is -2.39. The van der Waals surface area contributed by atoms with Gasteiger partial charge in [-0.1, -0.05) is 44.2 Å². The molecule has 0 bridgehead atoms. The molecule has 0 saturated carbocycles. The minimum atomic E-state index is -1.20. The van der Waals surface area contributed by atoms with Crippen molar-refractivity contribution in [1.82, 2.24) is 0 Å². The number of aromatic hydroxyl groups is 1. The van der Waals surface area contributed by atoms with Gasteiger partial charge in [0.1, 0.15) is 28.7 Å². The minimum absolute atomic E-state index is 0.0604. The zero-order valence-electron chi connectivity index (χ0n) is 17.4. The van der Waals surface area contributed by atoms with Crippen molar-refractivity contribution in [3.63, 3.8) is 0 Å². The number of phenolic OH excluding ortho intramolecular Hbond substituents is 1. The molecule has 0 radical (unpaired) electrons.